The Morgan fingerprint density at radius 2 is 2.12 bits per heavy atom. The van der Waals surface area contributed by atoms with Crippen LogP contribution in [0.4, 0.5) is 0 Å². The molecule has 0 fully saturated rings. The lowest BCUT2D eigenvalue weighted by Gasteiger charge is -2.05. The monoisotopic (exact) mass is 253 g/mol. The van der Waals surface area contributed by atoms with Gasteiger partial charge in [0.1, 0.15) is 22.7 Å². The summed E-state index contributed by atoms with van der Waals surface area (Å²) in [6, 6.07) is 0. The molecule has 0 spiro atoms. The van der Waals surface area contributed by atoms with Crippen molar-refractivity contribution < 1.29 is 9.90 Å². The van der Waals surface area contributed by atoms with Crippen molar-refractivity contribution in [1.82, 2.24) is 14.5 Å². The van der Waals surface area contributed by atoms with Crippen molar-refractivity contribution in [1.29, 1.82) is 0 Å². The lowest BCUT2D eigenvalue weighted by Crippen LogP contribution is -2.00. The van der Waals surface area contributed by atoms with Crippen LogP contribution in [-0.2, 0) is 7.05 Å². The first-order valence-corrected chi connectivity index (χ1v) is 5.55. The van der Waals surface area contributed by atoms with E-state index >= 15 is 0 Å². The van der Waals surface area contributed by atoms with Crippen molar-refractivity contribution in [3.05, 3.63) is 22.7 Å². The van der Waals surface area contributed by atoms with E-state index in [0.29, 0.717) is 16.7 Å². The van der Waals surface area contributed by atoms with Crippen LogP contribution in [0.5, 0.6) is 0 Å². The highest BCUT2D eigenvalue weighted by atomic mass is 35.5. The molecule has 0 atom stereocenters. The van der Waals surface area contributed by atoms with Gasteiger partial charge in [-0.1, -0.05) is 25.4 Å². The molecule has 0 aliphatic carbocycles. The molecule has 2 aromatic heterocycles. The Bertz CT molecular complexity index is 604. The Kier molecular flexibility index (Phi) is 2.79. The number of nitrogens with zero attached hydrogens (tertiary/aromatic N) is 3. The van der Waals surface area contributed by atoms with Gasteiger partial charge in [-0.3, -0.25) is 0 Å². The van der Waals surface area contributed by atoms with E-state index < -0.39 is 5.97 Å². The number of hydrogen-bond acceptors (Lipinski definition) is 3. The van der Waals surface area contributed by atoms with E-state index in [-0.39, 0.29) is 16.6 Å². The van der Waals surface area contributed by atoms with Gasteiger partial charge in [-0.05, 0) is 5.92 Å². The molecule has 0 radical (unpaired) electrons. The highest BCUT2D eigenvalue weighted by Crippen LogP contribution is 2.32. The van der Waals surface area contributed by atoms with Gasteiger partial charge in [0.05, 0.1) is 11.1 Å². The molecule has 0 bridgehead atoms. The van der Waals surface area contributed by atoms with E-state index in [1.54, 1.807) is 11.6 Å². The average Bonchev–Trinajstić information content (AvgIpc) is 2.51. The zero-order valence-electron chi connectivity index (χ0n) is 9.73. The number of aromatic nitrogens is 3. The van der Waals surface area contributed by atoms with Gasteiger partial charge in [0.25, 0.3) is 0 Å². The van der Waals surface area contributed by atoms with Crippen LogP contribution in [0.3, 0.4) is 0 Å². The molecule has 0 aromatic carbocycles. The van der Waals surface area contributed by atoms with Crippen LogP contribution >= 0.6 is 11.6 Å². The highest BCUT2D eigenvalue weighted by molar-refractivity contribution is 6.35. The molecular formula is C11H12ClN3O2. The summed E-state index contributed by atoms with van der Waals surface area (Å²) in [5.74, 6) is -0.950. The van der Waals surface area contributed by atoms with E-state index in [9.17, 15) is 9.90 Å². The summed E-state index contributed by atoms with van der Waals surface area (Å²) in [4.78, 5) is 19.5. The molecule has 6 heteroatoms. The molecule has 0 aliphatic heterocycles. The van der Waals surface area contributed by atoms with Crippen molar-refractivity contribution >= 4 is 28.6 Å². The molecule has 0 aliphatic rings. The number of carboxylic acids is 1. The van der Waals surface area contributed by atoms with Gasteiger partial charge in [0, 0.05) is 7.05 Å². The SMILES string of the molecule is CC(C)c1ncnc2c1c(C(=O)O)c(Cl)n2C. The summed E-state index contributed by atoms with van der Waals surface area (Å²) in [6.07, 6.45) is 1.43. The Balaban J connectivity index is 2.97. The first kappa shape index (κ1) is 11.9. The molecule has 1 N–H and O–H groups in total. The fourth-order valence-electron chi connectivity index (χ4n) is 1.88. The van der Waals surface area contributed by atoms with Crippen molar-refractivity contribution in [2.45, 2.75) is 19.8 Å². The molecule has 2 heterocycles. The third-order valence-electron chi connectivity index (χ3n) is 2.69. The second-order valence-electron chi connectivity index (χ2n) is 4.14. The maximum absolute atomic E-state index is 11.3. The van der Waals surface area contributed by atoms with Gasteiger partial charge < -0.3 is 9.67 Å². The molecule has 2 rings (SSSR count). The Hall–Kier alpha value is -1.62. The topological polar surface area (TPSA) is 68.0 Å². The Morgan fingerprint density at radius 3 is 2.65 bits per heavy atom. The molecule has 17 heavy (non-hydrogen) atoms. The Morgan fingerprint density at radius 1 is 1.47 bits per heavy atom. The van der Waals surface area contributed by atoms with Crippen LogP contribution in [-0.4, -0.2) is 25.6 Å². The molecule has 2 aromatic rings. The minimum Gasteiger partial charge on any atom is -0.478 e. The van der Waals surface area contributed by atoms with Crippen molar-refractivity contribution in [3.63, 3.8) is 0 Å². The number of carboxylic acid groups (broad SMARTS) is 1. The summed E-state index contributed by atoms with van der Waals surface area (Å²) < 4.78 is 1.56. The van der Waals surface area contributed by atoms with Crippen LogP contribution in [0.1, 0.15) is 35.8 Å². The fourth-order valence-corrected chi connectivity index (χ4v) is 2.14. The number of fused-ring (bicyclic) bond motifs is 1. The van der Waals surface area contributed by atoms with Crippen LogP contribution in [0.25, 0.3) is 11.0 Å². The molecule has 90 valence electrons. The fraction of sp³-hybridized carbons (Fsp3) is 0.364. The van der Waals surface area contributed by atoms with Gasteiger partial charge in [-0.25, -0.2) is 14.8 Å². The Labute approximate surface area is 103 Å². The molecule has 0 saturated carbocycles. The number of rotatable bonds is 2. The third kappa shape index (κ3) is 1.67. The highest BCUT2D eigenvalue weighted by Gasteiger charge is 2.24. The standard InChI is InChI=1S/C11H12ClN3O2/c1-5(2)8-6-7(11(16)17)9(12)15(3)10(6)14-4-13-8/h4-5H,1-3H3,(H,16,17). The van der Waals surface area contributed by atoms with Crippen molar-refractivity contribution in [2.75, 3.05) is 0 Å². The summed E-state index contributed by atoms with van der Waals surface area (Å²) in [7, 11) is 1.69. The normalized spacial score (nSPS) is 11.4. The quantitative estimate of drug-likeness (QED) is 0.893. The number of halogens is 1. The molecule has 0 unspecified atom stereocenters. The summed E-state index contributed by atoms with van der Waals surface area (Å²) in [5, 5.41) is 9.94. The zero-order chi connectivity index (χ0) is 12.7. The van der Waals surface area contributed by atoms with E-state index in [1.165, 1.54) is 6.33 Å². The average molecular weight is 254 g/mol. The van der Waals surface area contributed by atoms with E-state index in [0.717, 1.165) is 0 Å². The number of hydrogen-bond donors (Lipinski definition) is 1. The number of aryl methyl sites for hydroxylation is 1. The van der Waals surface area contributed by atoms with Gasteiger partial charge >= 0.3 is 5.97 Å². The number of carbonyl (C=O) groups is 1. The van der Waals surface area contributed by atoms with Crippen LogP contribution in [0.15, 0.2) is 6.33 Å². The predicted molar refractivity (Wildman–Crippen MR) is 64.6 cm³/mol. The molecule has 0 saturated heterocycles. The lowest BCUT2D eigenvalue weighted by atomic mass is 10.0. The predicted octanol–water partition coefficient (Wildman–Crippen LogP) is 2.44. The van der Waals surface area contributed by atoms with E-state index in [2.05, 4.69) is 9.97 Å². The first-order valence-electron chi connectivity index (χ1n) is 5.17. The molecule has 5 nitrogen and oxygen atoms in total. The van der Waals surface area contributed by atoms with Gasteiger partial charge in [-0.15, -0.1) is 0 Å². The minimum absolute atomic E-state index is 0.0773. The van der Waals surface area contributed by atoms with Crippen LogP contribution in [0, 0.1) is 0 Å². The van der Waals surface area contributed by atoms with Gasteiger partial charge in [0.15, 0.2) is 0 Å². The molecular weight excluding hydrogens is 242 g/mol. The summed E-state index contributed by atoms with van der Waals surface area (Å²) >= 11 is 6.02. The van der Waals surface area contributed by atoms with Crippen LogP contribution < -0.4 is 0 Å². The second kappa shape index (κ2) is 4.00. The van der Waals surface area contributed by atoms with Gasteiger partial charge in [0.2, 0.25) is 0 Å². The smallest absolute Gasteiger partial charge is 0.339 e. The maximum atomic E-state index is 11.3. The van der Waals surface area contributed by atoms with Crippen LogP contribution in [0.2, 0.25) is 5.15 Å². The third-order valence-corrected chi connectivity index (χ3v) is 3.13. The first-order chi connectivity index (χ1) is 7.95. The van der Waals surface area contributed by atoms with E-state index in [4.69, 9.17) is 11.6 Å². The van der Waals surface area contributed by atoms with Crippen molar-refractivity contribution in [3.8, 4) is 0 Å². The van der Waals surface area contributed by atoms with Gasteiger partial charge in [-0.2, -0.15) is 0 Å². The largest absolute Gasteiger partial charge is 0.478 e. The van der Waals surface area contributed by atoms with Crippen molar-refractivity contribution in [2.24, 2.45) is 7.05 Å². The van der Waals surface area contributed by atoms with E-state index in [1.807, 2.05) is 13.8 Å². The summed E-state index contributed by atoms with van der Waals surface area (Å²) in [6.45, 7) is 3.91. The maximum Gasteiger partial charge on any atom is 0.339 e. The number of aromatic carboxylic acids is 1. The lowest BCUT2D eigenvalue weighted by molar-refractivity contribution is 0.0699. The molecule has 0 amide bonds. The zero-order valence-corrected chi connectivity index (χ0v) is 10.5. The summed E-state index contributed by atoms with van der Waals surface area (Å²) in [5.41, 5.74) is 1.33. The minimum atomic E-state index is -1.06. The second-order valence-corrected chi connectivity index (χ2v) is 4.50.